The molecule has 0 saturated heterocycles. The predicted molar refractivity (Wildman–Crippen MR) is 80.5 cm³/mol. The Morgan fingerprint density at radius 2 is 1.89 bits per heavy atom. The lowest BCUT2D eigenvalue weighted by Crippen LogP contribution is -1.89. The quantitative estimate of drug-likeness (QED) is 0.507. The van der Waals surface area contributed by atoms with Crippen LogP contribution < -0.4 is 5.73 Å². The molecule has 0 saturated carbocycles. The van der Waals surface area contributed by atoms with Gasteiger partial charge >= 0.3 is 0 Å². The topological polar surface area (TPSA) is 46.2 Å². The van der Waals surface area contributed by atoms with Crippen molar-refractivity contribution in [3.63, 3.8) is 0 Å². The summed E-state index contributed by atoms with van der Waals surface area (Å²) in [4.78, 5) is 1.31. The Balaban J connectivity index is 1.70. The number of hydrogen-bond acceptors (Lipinski definition) is 3. The molecule has 0 bridgehead atoms. The van der Waals surface area contributed by atoms with Crippen molar-refractivity contribution >= 4 is 17.4 Å². The van der Waals surface area contributed by atoms with Crippen LogP contribution in [-0.2, 0) is 18.6 Å². The number of fused-ring (bicyclic) bond motifs is 1. The summed E-state index contributed by atoms with van der Waals surface area (Å²) in [5.74, 6) is 1.04. The Hall–Kier alpha value is -1.61. The van der Waals surface area contributed by atoms with E-state index in [-0.39, 0.29) is 5.75 Å². The molecular formula is C16H17NOS. The summed E-state index contributed by atoms with van der Waals surface area (Å²) in [5, 5.41) is 9.40. The molecule has 2 nitrogen and oxygen atoms in total. The van der Waals surface area contributed by atoms with Crippen LogP contribution in [0, 0.1) is 0 Å². The summed E-state index contributed by atoms with van der Waals surface area (Å²) in [6.07, 6.45) is 3.74. The van der Waals surface area contributed by atoms with Gasteiger partial charge in [-0.1, -0.05) is 12.1 Å². The summed E-state index contributed by atoms with van der Waals surface area (Å²) >= 11 is 1.82. The Labute approximate surface area is 117 Å². The second-order valence-corrected chi connectivity index (χ2v) is 6.01. The monoisotopic (exact) mass is 271 g/mol. The molecular weight excluding hydrogens is 254 g/mol. The van der Waals surface area contributed by atoms with Crippen LogP contribution in [-0.4, -0.2) is 5.11 Å². The fraction of sp³-hybridized carbons (Fsp3) is 0.250. The smallest absolute Gasteiger partial charge is 0.138 e. The van der Waals surface area contributed by atoms with E-state index in [0.717, 1.165) is 11.3 Å². The third kappa shape index (κ3) is 2.71. The van der Waals surface area contributed by atoms with Crippen molar-refractivity contribution in [3.05, 3.63) is 53.1 Å². The molecule has 0 aliphatic heterocycles. The summed E-state index contributed by atoms with van der Waals surface area (Å²) in [7, 11) is 0. The van der Waals surface area contributed by atoms with Crippen molar-refractivity contribution in [1.29, 1.82) is 0 Å². The van der Waals surface area contributed by atoms with E-state index < -0.39 is 0 Å². The van der Waals surface area contributed by atoms with Crippen LogP contribution >= 0.6 is 11.8 Å². The standard InChI is InChI=1S/C16H17NOS/c17-15-8-11(4-7-16(15)18)10-19-14-6-5-12-2-1-3-13(12)9-14/h4-9,18H,1-3,10,17H2. The average molecular weight is 271 g/mol. The molecule has 3 N–H and O–H groups in total. The molecule has 0 fully saturated rings. The van der Waals surface area contributed by atoms with Gasteiger partial charge in [-0.3, -0.25) is 0 Å². The van der Waals surface area contributed by atoms with Gasteiger partial charge in [0, 0.05) is 10.6 Å². The maximum absolute atomic E-state index is 9.40. The second-order valence-electron chi connectivity index (χ2n) is 4.97. The molecule has 3 heteroatoms. The third-order valence-electron chi connectivity index (χ3n) is 3.57. The van der Waals surface area contributed by atoms with E-state index in [1.165, 1.54) is 35.3 Å². The molecule has 2 aromatic rings. The van der Waals surface area contributed by atoms with E-state index >= 15 is 0 Å². The van der Waals surface area contributed by atoms with Gasteiger partial charge in [0.2, 0.25) is 0 Å². The van der Waals surface area contributed by atoms with E-state index in [0.29, 0.717) is 5.69 Å². The van der Waals surface area contributed by atoms with Crippen molar-refractivity contribution < 1.29 is 5.11 Å². The number of rotatable bonds is 3. The average Bonchev–Trinajstić information content (AvgIpc) is 2.87. The summed E-state index contributed by atoms with van der Waals surface area (Å²) in [6, 6.07) is 12.2. The molecule has 0 unspecified atom stereocenters. The van der Waals surface area contributed by atoms with Gasteiger partial charge < -0.3 is 10.8 Å². The molecule has 0 radical (unpaired) electrons. The van der Waals surface area contributed by atoms with Gasteiger partial charge in [-0.25, -0.2) is 0 Å². The lowest BCUT2D eigenvalue weighted by Gasteiger charge is -2.06. The predicted octanol–water partition coefficient (Wildman–Crippen LogP) is 3.76. The van der Waals surface area contributed by atoms with Gasteiger partial charge in [-0.15, -0.1) is 11.8 Å². The zero-order chi connectivity index (χ0) is 13.2. The molecule has 0 heterocycles. The van der Waals surface area contributed by atoms with Gasteiger partial charge in [0.1, 0.15) is 5.75 Å². The number of phenolic OH excluding ortho intramolecular Hbond substituents is 1. The summed E-state index contributed by atoms with van der Waals surface area (Å²) in [5.41, 5.74) is 10.3. The Morgan fingerprint density at radius 3 is 2.74 bits per heavy atom. The lowest BCUT2D eigenvalue weighted by molar-refractivity contribution is 0.478. The van der Waals surface area contributed by atoms with E-state index in [9.17, 15) is 5.11 Å². The van der Waals surface area contributed by atoms with Crippen molar-refractivity contribution in [2.45, 2.75) is 29.9 Å². The maximum Gasteiger partial charge on any atom is 0.138 e. The molecule has 0 spiro atoms. The number of aryl methyl sites for hydroxylation is 2. The van der Waals surface area contributed by atoms with Gasteiger partial charge in [0.05, 0.1) is 5.69 Å². The minimum absolute atomic E-state index is 0.159. The molecule has 0 atom stereocenters. The van der Waals surface area contributed by atoms with Gasteiger partial charge in [0.25, 0.3) is 0 Å². The highest BCUT2D eigenvalue weighted by Crippen LogP contribution is 2.30. The van der Waals surface area contributed by atoms with Crippen LogP contribution in [0.5, 0.6) is 5.75 Å². The number of hydrogen-bond donors (Lipinski definition) is 2. The first-order valence-corrected chi connectivity index (χ1v) is 7.53. The number of anilines is 1. The number of benzene rings is 2. The number of nitrogen functional groups attached to an aromatic ring is 1. The van der Waals surface area contributed by atoms with Crippen molar-refractivity contribution in [2.75, 3.05) is 5.73 Å². The van der Waals surface area contributed by atoms with Gasteiger partial charge in [-0.2, -0.15) is 0 Å². The van der Waals surface area contributed by atoms with Crippen molar-refractivity contribution in [3.8, 4) is 5.75 Å². The molecule has 1 aliphatic rings. The zero-order valence-corrected chi connectivity index (χ0v) is 11.5. The highest BCUT2D eigenvalue weighted by Gasteiger charge is 2.10. The molecule has 98 valence electrons. The summed E-state index contributed by atoms with van der Waals surface area (Å²) in [6.45, 7) is 0. The largest absolute Gasteiger partial charge is 0.506 e. The maximum atomic E-state index is 9.40. The number of nitrogens with two attached hydrogens (primary N) is 1. The first kappa shape index (κ1) is 12.4. The molecule has 19 heavy (non-hydrogen) atoms. The summed E-state index contributed by atoms with van der Waals surface area (Å²) < 4.78 is 0. The van der Waals surface area contributed by atoms with Crippen LogP contribution in [0.3, 0.4) is 0 Å². The van der Waals surface area contributed by atoms with Crippen molar-refractivity contribution in [2.24, 2.45) is 0 Å². The first-order chi connectivity index (χ1) is 9.22. The third-order valence-corrected chi connectivity index (χ3v) is 4.63. The molecule has 0 amide bonds. The minimum Gasteiger partial charge on any atom is -0.506 e. The Kier molecular flexibility index (Phi) is 3.38. The van der Waals surface area contributed by atoms with E-state index in [4.69, 9.17) is 5.73 Å². The fourth-order valence-corrected chi connectivity index (χ4v) is 3.40. The van der Waals surface area contributed by atoms with E-state index in [2.05, 4.69) is 18.2 Å². The van der Waals surface area contributed by atoms with Crippen LogP contribution in [0.25, 0.3) is 0 Å². The van der Waals surface area contributed by atoms with Crippen LogP contribution in [0.1, 0.15) is 23.1 Å². The van der Waals surface area contributed by atoms with Crippen LogP contribution in [0.2, 0.25) is 0 Å². The highest BCUT2D eigenvalue weighted by molar-refractivity contribution is 7.98. The molecule has 3 rings (SSSR count). The van der Waals surface area contributed by atoms with E-state index in [1.54, 1.807) is 6.07 Å². The SMILES string of the molecule is Nc1cc(CSc2ccc3c(c2)CCC3)ccc1O. The molecule has 2 aromatic carbocycles. The minimum atomic E-state index is 0.159. The van der Waals surface area contributed by atoms with Crippen molar-refractivity contribution in [1.82, 2.24) is 0 Å². The lowest BCUT2D eigenvalue weighted by atomic mass is 10.1. The van der Waals surface area contributed by atoms with E-state index in [1.807, 2.05) is 23.9 Å². The normalized spacial score (nSPS) is 13.5. The number of thioether (sulfide) groups is 1. The highest BCUT2D eigenvalue weighted by atomic mass is 32.2. The first-order valence-electron chi connectivity index (χ1n) is 6.54. The number of aromatic hydroxyl groups is 1. The Morgan fingerprint density at radius 1 is 1.05 bits per heavy atom. The van der Waals surface area contributed by atoms with Crippen LogP contribution in [0.4, 0.5) is 5.69 Å². The van der Waals surface area contributed by atoms with Gasteiger partial charge in [-0.05, 0) is 60.2 Å². The van der Waals surface area contributed by atoms with Crippen LogP contribution in [0.15, 0.2) is 41.3 Å². The number of phenols is 1. The molecule has 0 aromatic heterocycles. The second kappa shape index (κ2) is 5.17. The van der Waals surface area contributed by atoms with Gasteiger partial charge in [0.15, 0.2) is 0 Å². The Bertz CT molecular complexity index is 610. The fourth-order valence-electron chi connectivity index (χ4n) is 2.50. The zero-order valence-electron chi connectivity index (χ0n) is 10.7. The molecule has 1 aliphatic carbocycles.